The monoisotopic (exact) mass is 359 g/mol. The molecule has 0 saturated carbocycles. The summed E-state index contributed by atoms with van der Waals surface area (Å²) >= 11 is 3.25. The summed E-state index contributed by atoms with van der Waals surface area (Å²) in [5.74, 6) is 0.424. The van der Waals surface area contributed by atoms with E-state index in [0.717, 1.165) is 4.47 Å². The molecule has 5 nitrogen and oxygen atoms in total. The quantitative estimate of drug-likeness (QED) is 0.829. The Balaban J connectivity index is 1.91. The summed E-state index contributed by atoms with van der Waals surface area (Å²) in [4.78, 5) is 0.188. The molecular weight excluding hydrogens is 346 g/mol. The molecule has 0 fully saturated rings. The Morgan fingerprint density at radius 1 is 1.25 bits per heavy atom. The van der Waals surface area contributed by atoms with Gasteiger partial charge >= 0.3 is 0 Å². The van der Waals surface area contributed by atoms with Gasteiger partial charge in [0, 0.05) is 11.0 Å². The Labute approximate surface area is 125 Å². The van der Waals surface area contributed by atoms with Crippen molar-refractivity contribution in [2.24, 2.45) is 0 Å². The summed E-state index contributed by atoms with van der Waals surface area (Å²) in [6.45, 7) is 0.125. The Hall–Kier alpha value is -1.15. The highest BCUT2D eigenvalue weighted by Crippen LogP contribution is 2.17. The first kappa shape index (κ1) is 15.2. The first-order valence-electron chi connectivity index (χ1n) is 5.96. The lowest BCUT2D eigenvalue weighted by Crippen LogP contribution is -2.25. The predicted molar refractivity (Wildman–Crippen MR) is 77.6 cm³/mol. The Kier molecular flexibility index (Phi) is 4.98. The number of rotatable bonds is 6. The molecular formula is C13H14BrNO4S. The van der Waals surface area contributed by atoms with Crippen molar-refractivity contribution in [1.82, 2.24) is 4.72 Å². The van der Waals surface area contributed by atoms with Gasteiger partial charge in [-0.2, -0.15) is 0 Å². The average Bonchev–Trinajstić information content (AvgIpc) is 2.93. The fourth-order valence-corrected chi connectivity index (χ4v) is 2.96. The lowest BCUT2D eigenvalue weighted by Gasteiger charge is -2.09. The number of halogens is 1. The lowest BCUT2D eigenvalue weighted by molar-refractivity contribution is 0.142. The molecule has 0 bridgehead atoms. The number of furan rings is 1. The number of hydrogen-bond acceptors (Lipinski definition) is 4. The van der Waals surface area contributed by atoms with Crippen molar-refractivity contribution < 1.29 is 17.9 Å². The van der Waals surface area contributed by atoms with Crippen LogP contribution in [0.5, 0.6) is 0 Å². The van der Waals surface area contributed by atoms with E-state index in [-0.39, 0.29) is 17.9 Å². The lowest BCUT2D eigenvalue weighted by atomic mass is 10.2. The minimum Gasteiger partial charge on any atom is -0.467 e. The van der Waals surface area contributed by atoms with Gasteiger partial charge in [-0.25, -0.2) is 13.1 Å². The van der Waals surface area contributed by atoms with E-state index in [4.69, 9.17) is 4.42 Å². The highest BCUT2D eigenvalue weighted by molar-refractivity contribution is 9.10. The SMILES string of the molecule is O=S(=O)(NCCC(O)c1ccco1)c1ccc(Br)cc1. The number of sulfonamides is 1. The summed E-state index contributed by atoms with van der Waals surface area (Å²) < 4.78 is 32.3. The highest BCUT2D eigenvalue weighted by Gasteiger charge is 2.15. The van der Waals surface area contributed by atoms with Crippen LogP contribution in [0.3, 0.4) is 0 Å². The van der Waals surface area contributed by atoms with Crippen LogP contribution in [-0.4, -0.2) is 20.1 Å². The summed E-state index contributed by atoms with van der Waals surface area (Å²) in [5.41, 5.74) is 0. The number of aliphatic hydroxyl groups excluding tert-OH is 1. The van der Waals surface area contributed by atoms with Crippen LogP contribution in [0.2, 0.25) is 0 Å². The van der Waals surface area contributed by atoms with Gasteiger partial charge in [0.15, 0.2) is 0 Å². The van der Waals surface area contributed by atoms with Crippen molar-refractivity contribution in [1.29, 1.82) is 0 Å². The largest absolute Gasteiger partial charge is 0.467 e. The molecule has 1 unspecified atom stereocenters. The fourth-order valence-electron chi connectivity index (χ4n) is 1.65. The molecule has 0 saturated heterocycles. The summed E-state index contributed by atoms with van der Waals surface area (Å²) in [5, 5.41) is 9.78. The van der Waals surface area contributed by atoms with Crippen molar-refractivity contribution in [3.8, 4) is 0 Å². The molecule has 0 amide bonds. The number of aliphatic hydroxyl groups is 1. The first-order valence-corrected chi connectivity index (χ1v) is 8.23. The van der Waals surface area contributed by atoms with Gasteiger partial charge in [0.05, 0.1) is 11.2 Å². The van der Waals surface area contributed by atoms with Crippen LogP contribution in [0.1, 0.15) is 18.3 Å². The number of benzene rings is 1. The normalized spacial score (nSPS) is 13.3. The first-order chi connectivity index (χ1) is 9.49. The van der Waals surface area contributed by atoms with Crippen LogP contribution < -0.4 is 4.72 Å². The van der Waals surface area contributed by atoms with Gasteiger partial charge in [-0.3, -0.25) is 0 Å². The zero-order valence-corrected chi connectivity index (χ0v) is 12.9. The topological polar surface area (TPSA) is 79.5 Å². The molecule has 2 rings (SSSR count). The van der Waals surface area contributed by atoms with E-state index in [9.17, 15) is 13.5 Å². The maximum Gasteiger partial charge on any atom is 0.240 e. The van der Waals surface area contributed by atoms with Crippen molar-refractivity contribution in [2.45, 2.75) is 17.4 Å². The molecule has 2 N–H and O–H groups in total. The van der Waals surface area contributed by atoms with Crippen LogP contribution in [0.15, 0.2) is 56.4 Å². The van der Waals surface area contributed by atoms with E-state index in [1.54, 1.807) is 24.3 Å². The molecule has 108 valence electrons. The van der Waals surface area contributed by atoms with Gasteiger partial charge in [0.2, 0.25) is 10.0 Å². The highest BCUT2D eigenvalue weighted by atomic mass is 79.9. The number of nitrogens with one attached hydrogen (secondary N) is 1. The third kappa shape index (κ3) is 3.92. The van der Waals surface area contributed by atoms with Gasteiger partial charge in [0.1, 0.15) is 11.9 Å². The van der Waals surface area contributed by atoms with Crippen molar-refractivity contribution in [3.63, 3.8) is 0 Å². The molecule has 0 aliphatic carbocycles. The average molecular weight is 360 g/mol. The summed E-state index contributed by atoms with van der Waals surface area (Å²) in [6, 6.07) is 9.65. The minimum absolute atomic E-state index is 0.125. The Morgan fingerprint density at radius 3 is 2.55 bits per heavy atom. The molecule has 0 spiro atoms. The van der Waals surface area contributed by atoms with Crippen molar-refractivity contribution >= 4 is 26.0 Å². The molecule has 0 aliphatic heterocycles. The van der Waals surface area contributed by atoms with E-state index < -0.39 is 16.1 Å². The maximum absolute atomic E-state index is 12.0. The van der Waals surface area contributed by atoms with E-state index in [2.05, 4.69) is 20.7 Å². The van der Waals surface area contributed by atoms with Gasteiger partial charge in [-0.15, -0.1) is 0 Å². The minimum atomic E-state index is -3.55. The van der Waals surface area contributed by atoms with Crippen LogP contribution in [0.4, 0.5) is 0 Å². The third-order valence-electron chi connectivity index (χ3n) is 2.71. The zero-order valence-electron chi connectivity index (χ0n) is 10.5. The second kappa shape index (κ2) is 6.53. The standard InChI is InChI=1S/C13H14BrNO4S/c14-10-3-5-11(6-4-10)20(17,18)15-8-7-12(16)13-2-1-9-19-13/h1-6,9,12,15-16H,7-8H2. The molecule has 20 heavy (non-hydrogen) atoms. The summed E-state index contributed by atoms with van der Waals surface area (Å²) in [6.07, 6.45) is 0.881. The van der Waals surface area contributed by atoms with Crippen molar-refractivity contribution in [2.75, 3.05) is 6.54 Å². The molecule has 1 heterocycles. The smallest absolute Gasteiger partial charge is 0.240 e. The van der Waals surface area contributed by atoms with E-state index >= 15 is 0 Å². The van der Waals surface area contributed by atoms with Gasteiger partial charge < -0.3 is 9.52 Å². The third-order valence-corrected chi connectivity index (χ3v) is 4.71. The number of hydrogen-bond donors (Lipinski definition) is 2. The Bertz CT molecular complexity index is 638. The van der Waals surface area contributed by atoms with Gasteiger partial charge in [-0.05, 0) is 42.8 Å². The van der Waals surface area contributed by atoms with Crippen LogP contribution in [-0.2, 0) is 10.0 Å². The van der Waals surface area contributed by atoms with E-state index in [0.29, 0.717) is 5.76 Å². The fraction of sp³-hybridized carbons (Fsp3) is 0.231. The molecule has 0 aliphatic rings. The Morgan fingerprint density at radius 2 is 1.95 bits per heavy atom. The summed E-state index contributed by atoms with van der Waals surface area (Å²) in [7, 11) is -3.55. The van der Waals surface area contributed by atoms with Gasteiger partial charge in [-0.1, -0.05) is 15.9 Å². The molecule has 0 radical (unpaired) electrons. The van der Waals surface area contributed by atoms with Crippen LogP contribution in [0.25, 0.3) is 0 Å². The molecule has 7 heteroatoms. The predicted octanol–water partition coefficient (Wildman–Crippen LogP) is 2.44. The second-order valence-corrected chi connectivity index (χ2v) is 6.85. The maximum atomic E-state index is 12.0. The van der Waals surface area contributed by atoms with E-state index in [1.807, 2.05) is 0 Å². The molecule has 1 atom stereocenters. The molecule has 1 aromatic carbocycles. The molecule has 1 aromatic heterocycles. The van der Waals surface area contributed by atoms with Crippen molar-refractivity contribution in [3.05, 3.63) is 52.9 Å². The van der Waals surface area contributed by atoms with Crippen LogP contribution in [0, 0.1) is 0 Å². The van der Waals surface area contributed by atoms with Gasteiger partial charge in [0.25, 0.3) is 0 Å². The van der Waals surface area contributed by atoms with Crippen LogP contribution >= 0.6 is 15.9 Å². The van der Waals surface area contributed by atoms with E-state index in [1.165, 1.54) is 18.4 Å². The second-order valence-electron chi connectivity index (χ2n) is 4.17. The zero-order chi connectivity index (χ0) is 14.6. The molecule has 2 aromatic rings.